The Morgan fingerprint density at radius 1 is 0.950 bits per heavy atom. The average Bonchev–Trinajstić information content (AvgIpc) is 2.98. The van der Waals surface area contributed by atoms with E-state index in [-0.39, 0.29) is 35.3 Å². The van der Waals surface area contributed by atoms with Crippen molar-refractivity contribution >= 4 is 29.0 Å². The fourth-order valence-corrected chi connectivity index (χ4v) is 4.83. The summed E-state index contributed by atoms with van der Waals surface area (Å²) in [5.74, 6) is -0.199. The lowest BCUT2D eigenvalue weighted by Gasteiger charge is -2.33. The lowest BCUT2D eigenvalue weighted by atomic mass is 9.89. The molecule has 210 valence electrons. The molecule has 3 aromatic rings. The molecule has 0 atom stereocenters. The molecule has 0 aromatic heterocycles. The Morgan fingerprint density at radius 2 is 1.57 bits per heavy atom. The summed E-state index contributed by atoms with van der Waals surface area (Å²) in [5.41, 5.74) is 2.35. The molecule has 0 bridgehead atoms. The minimum absolute atomic E-state index is 0.0542. The molecule has 4 rings (SSSR count). The molecule has 3 aromatic carbocycles. The van der Waals surface area contributed by atoms with Crippen molar-refractivity contribution in [2.45, 2.75) is 26.7 Å². The zero-order chi connectivity index (χ0) is 28.6. The number of ether oxygens (including phenoxy) is 1. The van der Waals surface area contributed by atoms with Crippen LogP contribution in [0.5, 0.6) is 5.75 Å². The minimum atomic E-state index is -0.352. The monoisotopic (exact) mass is 545 g/mol. The molecular weight excluding hydrogens is 509 g/mol. The van der Waals surface area contributed by atoms with Crippen LogP contribution in [0.4, 0.5) is 15.8 Å². The Balaban J connectivity index is 1.43. The summed E-state index contributed by atoms with van der Waals surface area (Å²) in [4.78, 5) is 42.6. The molecule has 0 unspecified atom stereocenters. The second-order valence-corrected chi connectivity index (χ2v) is 10.3. The molecule has 0 radical (unpaired) electrons. The second-order valence-electron chi connectivity index (χ2n) is 10.3. The van der Waals surface area contributed by atoms with Gasteiger partial charge in [0.1, 0.15) is 11.6 Å². The Hall–Kier alpha value is -4.04. The Bertz CT molecular complexity index is 1320. The molecule has 8 heteroatoms. The number of likely N-dealkylation sites (tertiary alicyclic amines) is 1. The molecule has 40 heavy (non-hydrogen) atoms. The van der Waals surface area contributed by atoms with E-state index in [0.29, 0.717) is 54.2 Å². The fourth-order valence-electron chi connectivity index (χ4n) is 4.83. The number of nitrogens with zero attached hydrogens (tertiary/aromatic N) is 2. The largest absolute Gasteiger partial charge is 0.495 e. The first-order valence-corrected chi connectivity index (χ1v) is 13.6. The number of amides is 2. The minimum Gasteiger partial charge on any atom is -0.495 e. The number of Topliss-reactive ketones (excluding diaryl/α,β-unsaturated/α-hetero) is 1. The van der Waals surface area contributed by atoms with Crippen LogP contribution in [-0.4, -0.2) is 55.8 Å². The standard InChI is InChI=1S/C32H36FN3O4/c1-22(2)31(38)34-27-14-10-25(11-15-27)32(39)36(28-6-4-5-7-29(28)40-3)21-20-35-18-16-24(17-19-35)30(37)23-8-12-26(33)13-9-23/h4-15,22,24H,16-21H2,1-3H3,(H,34,38). The van der Waals surface area contributed by atoms with Crippen LogP contribution < -0.4 is 15.0 Å². The molecular formula is C32H36FN3O4. The van der Waals surface area contributed by atoms with Gasteiger partial charge in [-0.2, -0.15) is 0 Å². The number of rotatable bonds is 10. The van der Waals surface area contributed by atoms with Gasteiger partial charge in [-0.15, -0.1) is 0 Å². The number of hydrogen-bond donors (Lipinski definition) is 1. The van der Waals surface area contributed by atoms with Gasteiger partial charge < -0.3 is 19.9 Å². The van der Waals surface area contributed by atoms with Crippen molar-refractivity contribution in [3.05, 3.63) is 89.7 Å². The van der Waals surface area contributed by atoms with Crippen molar-refractivity contribution in [2.75, 3.05) is 43.5 Å². The predicted octanol–water partition coefficient (Wildman–Crippen LogP) is 5.67. The molecule has 1 saturated heterocycles. The third-order valence-electron chi connectivity index (χ3n) is 7.27. The third kappa shape index (κ3) is 7.12. The van der Waals surface area contributed by atoms with Crippen molar-refractivity contribution in [3.8, 4) is 5.75 Å². The lowest BCUT2D eigenvalue weighted by molar-refractivity contribution is -0.118. The summed E-state index contributed by atoms with van der Waals surface area (Å²) in [5, 5.41) is 2.85. The Labute approximate surface area is 234 Å². The first-order chi connectivity index (χ1) is 19.3. The zero-order valence-corrected chi connectivity index (χ0v) is 23.2. The number of methoxy groups -OCH3 is 1. The van der Waals surface area contributed by atoms with E-state index in [1.54, 1.807) is 48.4 Å². The van der Waals surface area contributed by atoms with Crippen LogP contribution in [0.2, 0.25) is 0 Å². The highest BCUT2D eigenvalue weighted by molar-refractivity contribution is 6.07. The number of ketones is 1. The van der Waals surface area contributed by atoms with Crippen molar-refractivity contribution in [1.82, 2.24) is 4.90 Å². The van der Waals surface area contributed by atoms with E-state index in [1.807, 2.05) is 38.1 Å². The fraction of sp³-hybridized carbons (Fsp3) is 0.344. The number of hydrogen-bond acceptors (Lipinski definition) is 5. The van der Waals surface area contributed by atoms with Crippen LogP contribution in [0.15, 0.2) is 72.8 Å². The number of halogens is 1. The smallest absolute Gasteiger partial charge is 0.258 e. The molecule has 0 aliphatic carbocycles. The number of piperidine rings is 1. The van der Waals surface area contributed by atoms with E-state index in [0.717, 1.165) is 13.1 Å². The normalized spacial score (nSPS) is 14.1. The van der Waals surface area contributed by atoms with Crippen molar-refractivity contribution in [3.63, 3.8) is 0 Å². The van der Waals surface area contributed by atoms with Crippen molar-refractivity contribution in [2.24, 2.45) is 11.8 Å². The van der Waals surface area contributed by atoms with E-state index < -0.39 is 0 Å². The van der Waals surface area contributed by atoms with Crippen LogP contribution in [0.3, 0.4) is 0 Å². The van der Waals surface area contributed by atoms with Gasteiger partial charge in [-0.3, -0.25) is 14.4 Å². The maximum Gasteiger partial charge on any atom is 0.258 e. The summed E-state index contributed by atoms with van der Waals surface area (Å²) in [6.07, 6.45) is 1.42. The van der Waals surface area contributed by atoms with Gasteiger partial charge in [-0.25, -0.2) is 4.39 Å². The maximum absolute atomic E-state index is 13.7. The summed E-state index contributed by atoms with van der Waals surface area (Å²) in [7, 11) is 1.58. The number of carbonyl (C=O) groups excluding carboxylic acids is 3. The van der Waals surface area contributed by atoms with Crippen LogP contribution in [0.25, 0.3) is 0 Å². The topological polar surface area (TPSA) is 79.0 Å². The first-order valence-electron chi connectivity index (χ1n) is 13.6. The van der Waals surface area contributed by atoms with E-state index in [2.05, 4.69) is 10.2 Å². The van der Waals surface area contributed by atoms with Gasteiger partial charge in [0, 0.05) is 41.7 Å². The van der Waals surface area contributed by atoms with Crippen LogP contribution in [0.1, 0.15) is 47.4 Å². The van der Waals surface area contributed by atoms with Gasteiger partial charge in [0.25, 0.3) is 5.91 Å². The van der Waals surface area contributed by atoms with Crippen molar-refractivity contribution < 1.29 is 23.5 Å². The van der Waals surface area contributed by atoms with Gasteiger partial charge in [-0.05, 0) is 86.6 Å². The molecule has 1 aliphatic heterocycles. The summed E-state index contributed by atoms with van der Waals surface area (Å²) >= 11 is 0. The summed E-state index contributed by atoms with van der Waals surface area (Å²) in [6.45, 7) is 6.17. The number of nitrogens with one attached hydrogen (secondary N) is 1. The lowest BCUT2D eigenvalue weighted by Crippen LogP contribution is -2.43. The molecule has 0 spiro atoms. The van der Waals surface area contributed by atoms with E-state index >= 15 is 0 Å². The quantitative estimate of drug-likeness (QED) is 0.332. The molecule has 1 N–H and O–H groups in total. The van der Waals surface area contributed by atoms with Gasteiger partial charge >= 0.3 is 0 Å². The molecule has 1 aliphatic rings. The summed E-state index contributed by atoms with van der Waals surface area (Å²) in [6, 6.07) is 20.1. The van der Waals surface area contributed by atoms with E-state index in [9.17, 15) is 18.8 Å². The summed E-state index contributed by atoms with van der Waals surface area (Å²) < 4.78 is 18.8. The van der Waals surface area contributed by atoms with Crippen LogP contribution >= 0.6 is 0 Å². The van der Waals surface area contributed by atoms with Gasteiger partial charge in [-0.1, -0.05) is 26.0 Å². The van der Waals surface area contributed by atoms with Crippen molar-refractivity contribution in [1.29, 1.82) is 0 Å². The molecule has 0 saturated carbocycles. The van der Waals surface area contributed by atoms with E-state index in [4.69, 9.17) is 4.74 Å². The van der Waals surface area contributed by atoms with Gasteiger partial charge in [0.2, 0.25) is 5.91 Å². The highest BCUT2D eigenvalue weighted by Gasteiger charge is 2.27. The maximum atomic E-state index is 13.7. The molecule has 7 nitrogen and oxygen atoms in total. The van der Waals surface area contributed by atoms with Crippen LogP contribution in [0, 0.1) is 17.7 Å². The number of benzene rings is 3. The molecule has 1 fully saturated rings. The average molecular weight is 546 g/mol. The second kappa shape index (κ2) is 13.3. The van der Waals surface area contributed by atoms with Crippen LogP contribution in [-0.2, 0) is 4.79 Å². The zero-order valence-electron chi connectivity index (χ0n) is 23.2. The number of para-hydroxylation sites is 2. The number of carbonyl (C=O) groups is 3. The highest BCUT2D eigenvalue weighted by Crippen LogP contribution is 2.30. The van der Waals surface area contributed by atoms with Gasteiger partial charge in [0.05, 0.1) is 12.8 Å². The molecule has 1 heterocycles. The van der Waals surface area contributed by atoms with Gasteiger partial charge in [0.15, 0.2) is 5.78 Å². The Kier molecular flexibility index (Phi) is 9.66. The number of anilines is 2. The third-order valence-corrected chi connectivity index (χ3v) is 7.27. The molecule has 2 amide bonds. The Morgan fingerprint density at radius 3 is 2.20 bits per heavy atom. The first kappa shape index (κ1) is 29.0. The highest BCUT2D eigenvalue weighted by atomic mass is 19.1. The van der Waals surface area contributed by atoms with E-state index in [1.165, 1.54) is 12.1 Å². The predicted molar refractivity (Wildman–Crippen MR) is 154 cm³/mol. The SMILES string of the molecule is COc1ccccc1N(CCN1CCC(C(=O)c2ccc(F)cc2)CC1)C(=O)c1ccc(NC(=O)C(C)C)cc1.